The number of para-hydroxylation sites is 1. The number of aliphatic hydroxyl groups is 1. The molecule has 0 aliphatic carbocycles. The minimum Gasteiger partial charge on any atom is -0.454 e. The van der Waals surface area contributed by atoms with E-state index < -0.39 is 0 Å². The van der Waals surface area contributed by atoms with Gasteiger partial charge in [-0.2, -0.15) is 0 Å². The highest BCUT2D eigenvalue weighted by Gasteiger charge is 2.10. The van der Waals surface area contributed by atoms with Crippen LogP contribution >= 0.6 is 15.9 Å². The first kappa shape index (κ1) is 15.0. The van der Waals surface area contributed by atoms with Gasteiger partial charge in [-0.1, -0.05) is 30.3 Å². The molecule has 0 atom stereocenters. The number of aromatic nitrogens is 1. The number of ether oxygens (including phenoxy) is 1. The van der Waals surface area contributed by atoms with Gasteiger partial charge in [0.15, 0.2) is 0 Å². The summed E-state index contributed by atoms with van der Waals surface area (Å²) in [7, 11) is 0. The van der Waals surface area contributed by atoms with Crippen molar-refractivity contribution in [3.63, 3.8) is 0 Å². The molecule has 1 heterocycles. The number of benzene rings is 2. The first-order valence-electron chi connectivity index (χ1n) is 7.11. The van der Waals surface area contributed by atoms with Crippen molar-refractivity contribution in [3.8, 4) is 11.5 Å². The van der Waals surface area contributed by atoms with E-state index in [9.17, 15) is 0 Å². The molecule has 0 amide bonds. The number of pyridine rings is 1. The number of rotatable bonds is 4. The fourth-order valence-electron chi connectivity index (χ4n) is 2.36. The first-order chi connectivity index (χ1) is 10.7. The van der Waals surface area contributed by atoms with E-state index in [1.165, 1.54) is 0 Å². The molecule has 0 aliphatic heterocycles. The van der Waals surface area contributed by atoms with E-state index in [1.807, 2.05) is 55.5 Å². The van der Waals surface area contributed by atoms with Gasteiger partial charge in [0.05, 0.1) is 15.7 Å². The Labute approximate surface area is 137 Å². The standard InChI is InChI=1S/C18H16BrNO2/c1-12-17(11-14-5-2-3-7-15(14)20-12)22-16-8-4-6-13(9-10-21)18(16)19/h2-8,11,21H,9-10H2,1H3. The minimum atomic E-state index is 0.110. The molecule has 3 aromatic rings. The van der Waals surface area contributed by atoms with Crippen molar-refractivity contribution in [3.05, 3.63) is 64.3 Å². The lowest BCUT2D eigenvalue weighted by atomic mass is 10.1. The van der Waals surface area contributed by atoms with E-state index >= 15 is 0 Å². The summed E-state index contributed by atoms with van der Waals surface area (Å²) >= 11 is 3.56. The van der Waals surface area contributed by atoms with Gasteiger partial charge in [0.1, 0.15) is 11.5 Å². The monoisotopic (exact) mass is 357 g/mol. The lowest BCUT2D eigenvalue weighted by Crippen LogP contribution is -1.96. The van der Waals surface area contributed by atoms with Crippen molar-refractivity contribution >= 4 is 26.8 Å². The van der Waals surface area contributed by atoms with Gasteiger partial charge in [0, 0.05) is 12.0 Å². The summed E-state index contributed by atoms with van der Waals surface area (Å²) in [6, 6.07) is 15.8. The fraction of sp³-hybridized carbons (Fsp3) is 0.167. The van der Waals surface area contributed by atoms with Crippen LogP contribution in [0, 0.1) is 6.92 Å². The highest BCUT2D eigenvalue weighted by atomic mass is 79.9. The molecule has 4 heteroatoms. The second-order valence-corrected chi connectivity index (χ2v) is 5.86. The van der Waals surface area contributed by atoms with Gasteiger partial charge in [-0.15, -0.1) is 0 Å². The van der Waals surface area contributed by atoms with Gasteiger partial charge >= 0.3 is 0 Å². The largest absolute Gasteiger partial charge is 0.454 e. The Morgan fingerprint density at radius 2 is 1.91 bits per heavy atom. The Bertz CT molecular complexity index is 817. The maximum atomic E-state index is 9.12. The molecule has 0 saturated carbocycles. The molecule has 1 aromatic heterocycles. The second kappa shape index (κ2) is 6.46. The number of nitrogens with zero attached hydrogens (tertiary/aromatic N) is 1. The molecule has 1 N–H and O–H groups in total. The Balaban J connectivity index is 1.99. The Kier molecular flexibility index (Phi) is 4.41. The predicted molar refractivity (Wildman–Crippen MR) is 91.5 cm³/mol. The number of aryl methyl sites for hydroxylation is 1. The van der Waals surface area contributed by atoms with Crippen LogP contribution in [0.3, 0.4) is 0 Å². The van der Waals surface area contributed by atoms with Crippen LogP contribution in [0.1, 0.15) is 11.3 Å². The zero-order valence-electron chi connectivity index (χ0n) is 12.2. The van der Waals surface area contributed by atoms with Crippen molar-refractivity contribution in [1.82, 2.24) is 4.98 Å². The van der Waals surface area contributed by atoms with Crippen LogP contribution in [0.5, 0.6) is 11.5 Å². The van der Waals surface area contributed by atoms with E-state index in [4.69, 9.17) is 9.84 Å². The molecule has 2 aromatic carbocycles. The van der Waals surface area contributed by atoms with E-state index in [0.29, 0.717) is 6.42 Å². The lowest BCUT2D eigenvalue weighted by Gasteiger charge is -2.13. The number of fused-ring (bicyclic) bond motifs is 1. The van der Waals surface area contributed by atoms with Crippen LogP contribution in [-0.2, 0) is 6.42 Å². The average Bonchev–Trinajstić information content (AvgIpc) is 2.52. The molecule has 0 saturated heterocycles. The predicted octanol–water partition coefficient (Wildman–Crippen LogP) is 4.63. The summed E-state index contributed by atoms with van der Waals surface area (Å²) in [6.45, 7) is 2.05. The highest BCUT2D eigenvalue weighted by molar-refractivity contribution is 9.10. The maximum absolute atomic E-state index is 9.12. The van der Waals surface area contributed by atoms with Crippen LogP contribution < -0.4 is 4.74 Å². The number of aliphatic hydroxyl groups excluding tert-OH is 1. The molecule has 22 heavy (non-hydrogen) atoms. The molecular formula is C18H16BrNO2. The second-order valence-electron chi connectivity index (χ2n) is 5.07. The fourth-order valence-corrected chi connectivity index (χ4v) is 2.91. The van der Waals surface area contributed by atoms with Crippen molar-refractivity contribution in [2.24, 2.45) is 0 Å². The van der Waals surface area contributed by atoms with Crippen LogP contribution in [0.4, 0.5) is 0 Å². The SMILES string of the molecule is Cc1nc2ccccc2cc1Oc1cccc(CCO)c1Br. The Morgan fingerprint density at radius 1 is 1.09 bits per heavy atom. The maximum Gasteiger partial charge on any atom is 0.149 e. The summed E-state index contributed by atoms with van der Waals surface area (Å²) < 4.78 is 6.92. The zero-order chi connectivity index (χ0) is 15.5. The smallest absolute Gasteiger partial charge is 0.149 e. The molecule has 3 nitrogen and oxygen atoms in total. The molecule has 0 aliphatic rings. The molecule has 3 rings (SSSR count). The topological polar surface area (TPSA) is 42.4 Å². The van der Waals surface area contributed by atoms with Gasteiger partial charge in [-0.3, -0.25) is 0 Å². The lowest BCUT2D eigenvalue weighted by molar-refractivity contribution is 0.299. The number of hydrogen-bond donors (Lipinski definition) is 1. The van der Waals surface area contributed by atoms with Gasteiger partial charge < -0.3 is 9.84 Å². The van der Waals surface area contributed by atoms with Crippen molar-refractivity contribution in [2.45, 2.75) is 13.3 Å². The first-order valence-corrected chi connectivity index (χ1v) is 7.91. The normalized spacial score (nSPS) is 10.9. The number of halogens is 1. The molecule has 0 spiro atoms. The van der Waals surface area contributed by atoms with Crippen molar-refractivity contribution in [1.29, 1.82) is 0 Å². The average molecular weight is 358 g/mol. The third-order valence-corrected chi connectivity index (χ3v) is 4.41. The van der Waals surface area contributed by atoms with Gasteiger partial charge in [-0.05, 0) is 53.0 Å². The summed E-state index contributed by atoms with van der Waals surface area (Å²) in [5.41, 5.74) is 2.82. The molecule has 112 valence electrons. The summed E-state index contributed by atoms with van der Waals surface area (Å²) in [5, 5.41) is 10.2. The van der Waals surface area contributed by atoms with Crippen LogP contribution in [0.25, 0.3) is 10.9 Å². The number of hydrogen-bond acceptors (Lipinski definition) is 3. The third kappa shape index (κ3) is 2.98. The molecule has 0 unspecified atom stereocenters. The summed E-state index contributed by atoms with van der Waals surface area (Å²) in [4.78, 5) is 4.58. The third-order valence-electron chi connectivity index (χ3n) is 3.51. The quantitative estimate of drug-likeness (QED) is 0.739. The van der Waals surface area contributed by atoms with Gasteiger partial charge in [0.25, 0.3) is 0 Å². The van der Waals surface area contributed by atoms with Crippen LogP contribution in [0.2, 0.25) is 0 Å². The van der Waals surface area contributed by atoms with Crippen LogP contribution in [-0.4, -0.2) is 16.7 Å². The van der Waals surface area contributed by atoms with E-state index in [2.05, 4.69) is 20.9 Å². The molecular weight excluding hydrogens is 342 g/mol. The molecule has 0 bridgehead atoms. The highest BCUT2D eigenvalue weighted by Crippen LogP contribution is 2.34. The zero-order valence-corrected chi connectivity index (χ0v) is 13.8. The molecule has 0 fully saturated rings. The Hall–Kier alpha value is -1.91. The minimum absolute atomic E-state index is 0.110. The van der Waals surface area contributed by atoms with E-state index in [-0.39, 0.29) is 6.61 Å². The van der Waals surface area contributed by atoms with E-state index in [1.54, 1.807) is 0 Å². The molecule has 0 radical (unpaired) electrons. The van der Waals surface area contributed by atoms with Crippen LogP contribution in [0.15, 0.2) is 53.0 Å². The van der Waals surface area contributed by atoms with Crippen molar-refractivity contribution < 1.29 is 9.84 Å². The van der Waals surface area contributed by atoms with Crippen molar-refractivity contribution in [2.75, 3.05) is 6.61 Å². The van der Waals surface area contributed by atoms with Gasteiger partial charge in [0.2, 0.25) is 0 Å². The summed E-state index contributed by atoms with van der Waals surface area (Å²) in [6.07, 6.45) is 0.590. The summed E-state index contributed by atoms with van der Waals surface area (Å²) in [5.74, 6) is 1.46. The Morgan fingerprint density at radius 3 is 2.73 bits per heavy atom. The van der Waals surface area contributed by atoms with Gasteiger partial charge in [-0.25, -0.2) is 4.98 Å². The van der Waals surface area contributed by atoms with E-state index in [0.717, 1.165) is 38.1 Å².